The summed E-state index contributed by atoms with van der Waals surface area (Å²) in [7, 11) is 0. The highest BCUT2D eigenvalue weighted by atomic mass is 79.9. The molecule has 0 unspecified atom stereocenters. The summed E-state index contributed by atoms with van der Waals surface area (Å²) in [5.41, 5.74) is 2.74. The average molecular weight is 254 g/mol. The smallest absolute Gasteiger partial charge is 0.285 e. The summed E-state index contributed by atoms with van der Waals surface area (Å²) in [4.78, 5) is 4.70. The van der Waals surface area contributed by atoms with Gasteiger partial charge in [-0.15, -0.1) is 10.2 Å². The molecular weight excluding hydrogens is 246 g/mol. The molecular formula is C9H8BrN3O. The Morgan fingerprint density at radius 1 is 1.21 bits per heavy atom. The standard InChI is InChI=1S/C9H8BrN3O/c1-5-3-4-7(6(2)11-5)8-12-13-9(10)14-8/h3-4H,1-2H3. The lowest BCUT2D eigenvalue weighted by atomic mass is 10.2. The van der Waals surface area contributed by atoms with Crippen molar-refractivity contribution in [1.82, 2.24) is 15.2 Å². The third kappa shape index (κ3) is 1.68. The SMILES string of the molecule is Cc1ccc(-c2nnc(Br)o2)c(C)n1. The number of aryl methyl sites for hydroxylation is 2. The van der Waals surface area contributed by atoms with Crippen LogP contribution >= 0.6 is 15.9 Å². The minimum atomic E-state index is 0.382. The monoisotopic (exact) mass is 253 g/mol. The van der Waals surface area contributed by atoms with Crippen LogP contribution < -0.4 is 0 Å². The first-order valence-electron chi connectivity index (χ1n) is 4.10. The quantitative estimate of drug-likeness (QED) is 0.784. The maximum atomic E-state index is 5.24. The van der Waals surface area contributed by atoms with Gasteiger partial charge in [-0.2, -0.15) is 0 Å². The molecule has 0 aliphatic carbocycles. The normalized spacial score (nSPS) is 10.5. The number of nitrogens with zero attached hydrogens (tertiary/aromatic N) is 3. The summed E-state index contributed by atoms with van der Waals surface area (Å²) in [6, 6.07) is 3.85. The lowest BCUT2D eigenvalue weighted by Gasteiger charge is -2.00. The Balaban J connectivity index is 2.52. The van der Waals surface area contributed by atoms with Crippen LogP contribution in [0.2, 0.25) is 0 Å². The molecule has 0 N–H and O–H groups in total. The molecule has 0 fully saturated rings. The molecule has 2 heterocycles. The number of pyridine rings is 1. The molecule has 0 aromatic carbocycles. The van der Waals surface area contributed by atoms with Gasteiger partial charge in [-0.05, 0) is 26.0 Å². The Labute approximate surface area is 89.5 Å². The second-order valence-corrected chi connectivity index (χ2v) is 3.62. The van der Waals surface area contributed by atoms with Crippen molar-refractivity contribution in [2.75, 3.05) is 0 Å². The second kappa shape index (κ2) is 3.49. The van der Waals surface area contributed by atoms with E-state index < -0.39 is 0 Å². The average Bonchev–Trinajstić information content (AvgIpc) is 2.51. The van der Waals surface area contributed by atoms with Gasteiger partial charge >= 0.3 is 0 Å². The predicted molar refractivity (Wildman–Crippen MR) is 54.7 cm³/mol. The Morgan fingerprint density at radius 3 is 2.57 bits per heavy atom. The highest BCUT2D eigenvalue weighted by molar-refractivity contribution is 9.10. The van der Waals surface area contributed by atoms with Gasteiger partial charge in [0, 0.05) is 21.6 Å². The fraction of sp³-hybridized carbons (Fsp3) is 0.222. The van der Waals surface area contributed by atoms with E-state index in [1.54, 1.807) is 0 Å². The first-order valence-corrected chi connectivity index (χ1v) is 4.90. The highest BCUT2D eigenvalue weighted by Crippen LogP contribution is 2.22. The van der Waals surface area contributed by atoms with E-state index in [0.717, 1.165) is 17.0 Å². The van der Waals surface area contributed by atoms with E-state index >= 15 is 0 Å². The summed E-state index contributed by atoms with van der Waals surface area (Å²) in [5, 5.41) is 7.60. The number of hydrogen-bond acceptors (Lipinski definition) is 4. The molecule has 4 nitrogen and oxygen atoms in total. The lowest BCUT2D eigenvalue weighted by molar-refractivity contribution is 0.539. The molecule has 72 valence electrons. The van der Waals surface area contributed by atoms with Gasteiger partial charge in [0.15, 0.2) is 0 Å². The van der Waals surface area contributed by atoms with Crippen LogP contribution in [0.25, 0.3) is 11.5 Å². The van der Waals surface area contributed by atoms with Crippen molar-refractivity contribution in [2.24, 2.45) is 0 Å². The lowest BCUT2D eigenvalue weighted by Crippen LogP contribution is -1.90. The summed E-state index contributed by atoms with van der Waals surface area (Å²) in [5.74, 6) is 0.488. The van der Waals surface area contributed by atoms with Crippen LogP contribution in [0.3, 0.4) is 0 Å². The Morgan fingerprint density at radius 2 is 2.00 bits per heavy atom. The van der Waals surface area contributed by atoms with Crippen LogP contribution in [0.5, 0.6) is 0 Å². The number of aromatic nitrogens is 3. The van der Waals surface area contributed by atoms with Crippen LogP contribution in [0.1, 0.15) is 11.4 Å². The third-order valence-electron chi connectivity index (χ3n) is 1.86. The van der Waals surface area contributed by atoms with E-state index in [1.165, 1.54) is 0 Å². The molecule has 2 aromatic heterocycles. The van der Waals surface area contributed by atoms with Crippen LogP contribution in [0.15, 0.2) is 21.3 Å². The van der Waals surface area contributed by atoms with Crippen LogP contribution in [-0.2, 0) is 0 Å². The molecule has 0 amide bonds. The fourth-order valence-electron chi connectivity index (χ4n) is 1.23. The molecule has 5 heteroatoms. The molecule has 0 spiro atoms. The Bertz CT molecular complexity index is 467. The summed E-state index contributed by atoms with van der Waals surface area (Å²) < 4.78 is 5.24. The van der Waals surface area contributed by atoms with E-state index in [-0.39, 0.29) is 0 Å². The topological polar surface area (TPSA) is 51.8 Å². The van der Waals surface area contributed by atoms with Crippen LogP contribution in [-0.4, -0.2) is 15.2 Å². The van der Waals surface area contributed by atoms with Gasteiger partial charge in [-0.3, -0.25) is 4.98 Å². The van der Waals surface area contributed by atoms with E-state index in [4.69, 9.17) is 4.42 Å². The molecule has 2 rings (SSSR count). The van der Waals surface area contributed by atoms with Crippen LogP contribution in [0, 0.1) is 13.8 Å². The van der Waals surface area contributed by atoms with Crippen LogP contribution in [0.4, 0.5) is 0 Å². The minimum absolute atomic E-state index is 0.382. The third-order valence-corrected chi connectivity index (χ3v) is 2.18. The van der Waals surface area contributed by atoms with Gasteiger partial charge < -0.3 is 4.42 Å². The van der Waals surface area contributed by atoms with Crippen molar-refractivity contribution in [3.05, 3.63) is 28.3 Å². The maximum Gasteiger partial charge on any atom is 0.285 e. The van der Waals surface area contributed by atoms with Gasteiger partial charge in [-0.1, -0.05) is 0 Å². The summed E-state index contributed by atoms with van der Waals surface area (Å²) in [6.45, 7) is 3.86. The molecule has 2 aromatic rings. The largest absolute Gasteiger partial charge is 0.411 e. The fourth-order valence-corrected chi connectivity index (χ4v) is 1.46. The van der Waals surface area contributed by atoms with Gasteiger partial charge in [0.1, 0.15) is 0 Å². The minimum Gasteiger partial charge on any atom is -0.411 e. The highest BCUT2D eigenvalue weighted by Gasteiger charge is 2.09. The zero-order valence-corrected chi connectivity index (χ0v) is 9.37. The van der Waals surface area contributed by atoms with Crippen molar-refractivity contribution >= 4 is 15.9 Å². The van der Waals surface area contributed by atoms with Gasteiger partial charge in [-0.25, -0.2) is 0 Å². The first-order chi connectivity index (χ1) is 6.66. The predicted octanol–water partition coefficient (Wildman–Crippen LogP) is 2.51. The molecule has 0 saturated heterocycles. The second-order valence-electron chi connectivity index (χ2n) is 2.95. The zero-order chi connectivity index (χ0) is 10.1. The molecule has 14 heavy (non-hydrogen) atoms. The van der Waals surface area contributed by atoms with E-state index in [9.17, 15) is 0 Å². The zero-order valence-electron chi connectivity index (χ0n) is 7.78. The maximum absolute atomic E-state index is 5.24. The van der Waals surface area contributed by atoms with Crippen molar-refractivity contribution in [2.45, 2.75) is 13.8 Å². The number of hydrogen-bond donors (Lipinski definition) is 0. The van der Waals surface area contributed by atoms with Crippen molar-refractivity contribution in [3.8, 4) is 11.5 Å². The first kappa shape index (κ1) is 9.33. The summed E-state index contributed by atoms with van der Waals surface area (Å²) >= 11 is 3.11. The van der Waals surface area contributed by atoms with E-state index in [1.807, 2.05) is 26.0 Å². The molecule has 0 bridgehead atoms. The number of rotatable bonds is 1. The van der Waals surface area contributed by atoms with Gasteiger partial charge in [0.05, 0.1) is 11.3 Å². The molecule has 0 atom stereocenters. The van der Waals surface area contributed by atoms with Crippen molar-refractivity contribution in [1.29, 1.82) is 0 Å². The van der Waals surface area contributed by atoms with Gasteiger partial charge in [0.25, 0.3) is 10.7 Å². The van der Waals surface area contributed by atoms with Crippen molar-refractivity contribution in [3.63, 3.8) is 0 Å². The number of halogens is 1. The van der Waals surface area contributed by atoms with Crippen molar-refractivity contribution < 1.29 is 4.42 Å². The van der Waals surface area contributed by atoms with Gasteiger partial charge in [0.2, 0.25) is 0 Å². The van der Waals surface area contributed by atoms with E-state index in [0.29, 0.717) is 10.7 Å². The molecule has 0 aliphatic heterocycles. The molecule has 0 aliphatic rings. The molecule has 0 saturated carbocycles. The molecule has 0 radical (unpaired) electrons. The Kier molecular flexibility index (Phi) is 2.33. The van der Waals surface area contributed by atoms with E-state index in [2.05, 4.69) is 31.1 Å². The summed E-state index contributed by atoms with van der Waals surface area (Å²) in [6.07, 6.45) is 0. The Hall–Kier alpha value is -1.23.